The van der Waals surface area contributed by atoms with Gasteiger partial charge >= 0.3 is 0 Å². The standard InChI is InChI=1S/C13H20N2O2/c1-13(2,3)17-8-11-6-12(14)5-4-10(11)7-15-9-16/h4-6,9H,7-8,14H2,1-3H3,(H,15,16). The van der Waals surface area contributed by atoms with Crippen molar-refractivity contribution in [3.63, 3.8) is 0 Å². The summed E-state index contributed by atoms with van der Waals surface area (Å²) in [5.74, 6) is 0. The molecule has 0 aliphatic heterocycles. The van der Waals surface area contributed by atoms with Gasteiger partial charge in [0.05, 0.1) is 12.2 Å². The molecule has 0 spiro atoms. The van der Waals surface area contributed by atoms with Gasteiger partial charge in [-0.3, -0.25) is 4.79 Å². The quantitative estimate of drug-likeness (QED) is 0.605. The maximum atomic E-state index is 10.3. The molecule has 1 aromatic rings. The highest BCUT2D eigenvalue weighted by atomic mass is 16.5. The highest BCUT2D eigenvalue weighted by Crippen LogP contribution is 2.18. The van der Waals surface area contributed by atoms with E-state index in [9.17, 15) is 4.79 Å². The molecule has 0 radical (unpaired) electrons. The summed E-state index contributed by atoms with van der Waals surface area (Å²) in [6.07, 6.45) is 0.685. The van der Waals surface area contributed by atoms with E-state index in [0.29, 0.717) is 25.2 Å². The topological polar surface area (TPSA) is 64.3 Å². The number of carbonyl (C=O) groups excluding carboxylic acids is 1. The highest BCUT2D eigenvalue weighted by molar-refractivity contribution is 5.48. The highest BCUT2D eigenvalue weighted by Gasteiger charge is 2.12. The molecule has 94 valence electrons. The van der Waals surface area contributed by atoms with Crippen LogP contribution >= 0.6 is 0 Å². The molecule has 0 heterocycles. The van der Waals surface area contributed by atoms with Crippen LogP contribution in [0, 0.1) is 0 Å². The normalized spacial score (nSPS) is 11.2. The van der Waals surface area contributed by atoms with E-state index in [2.05, 4.69) is 5.32 Å². The average molecular weight is 236 g/mol. The summed E-state index contributed by atoms with van der Waals surface area (Å²) in [6.45, 7) is 6.99. The number of nitrogens with one attached hydrogen (secondary N) is 1. The number of ether oxygens (including phenoxy) is 1. The van der Waals surface area contributed by atoms with Gasteiger partial charge in [0.25, 0.3) is 0 Å². The minimum absolute atomic E-state index is 0.194. The molecule has 17 heavy (non-hydrogen) atoms. The summed E-state index contributed by atoms with van der Waals surface area (Å²) in [6, 6.07) is 5.61. The molecule has 4 heteroatoms. The number of benzene rings is 1. The summed E-state index contributed by atoms with van der Waals surface area (Å²) < 4.78 is 5.72. The zero-order valence-electron chi connectivity index (χ0n) is 10.6. The van der Waals surface area contributed by atoms with Crippen molar-refractivity contribution in [2.24, 2.45) is 0 Å². The van der Waals surface area contributed by atoms with Crippen molar-refractivity contribution < 1.29 is 9.53 Å². The summed E-state index contributed by atoms with van der Waals surface area (Å²) in [5, 5.41) is 2.64. The van der Waals surface area contributed by atoms with Gasteiger partial charge in [0.2, 0.25) is 6.41 Å². The van der Waals surface area contributed by atoms with Gasteiger partial charge in [-0.1, -0.05) is 6.07 Å². The Morgan fingerprint density at radius 3 is 2.65 bits per heavy atom. The number of nitrogen functional groups attached to an aromatic ring is 1. The molecule has 0 saturated carbocycles. The SMILES string of the molecule is CC(C)(C)OCc1cc(N)ccc1CNC=O. The van der Waals surface area contributed by atoms with Crippen molar-refractivity contribution in [3.05, 3.63) is 29.3 Å². The molecule has 1 rings (SSSR count). The van der Waals surface area contributed by atoms with Crippen molar-refractivity contribution in [2.75, 3.05) is 5.73 Å². The Labute approximate surface area is 102 Å². The minimum Gasteiger partial charge on any atom is -0.399 e. The Morgan fingerprint density at radius 2 is 2.06 bits per heavy atom. The summed E-state index contributed by atoms with van der Waals surface area (Å²) in [4.78, 5) is 10.3. The van der Waals surface area contributed by atoms with E-state index in [4.69, 9.17) is 10.5 Å². The fraction of sp³-hybridized carbons (Fsp3) is 0.462. The molecular formula is C13H20N2O2. The molecular weight excluding hydrogens is 216 g/mol. The molecule has 0 saturated heterocycles. The lowest BCUT2D eigenvalue weighted by molar-refractivity contribution is -0.109. The fourth-order valence-electron chi connectivity index (χ4n) is 1.40. The first kappa shape index (κ1) is 13.5. The van der Waals surface area contributed by atoms with Crippen molar-refractivity contribution in [3.8, 4) is 0 Å². The third-order valence-electron chi connectivity index (χ3n) is 2.27. The predicted molar refractivity (Wildman–Crippen MR) is 68.3 cm³/mol. The fourth-order valence-corrected chi connectivity index (χ4v) is 1.40. The molecule has 0 aromatic heterocycles. The van der Waals surface area contributed by atoms with Crippen LogP contribution < -0.4 is 11.1 Å². The minimum atomic E-state index is -0.194. The van der Waals surface area contributed by atoms with E-state index in [0.717, 1.165) is 11.1 Å². The van der Waals surface area contributed by atoms with Gasteiger partial charge in [0.1, 0.15) is 0 Å². The van der Waals surface area contributed by atoms with E-state index in [1.165, 1.54) is 0 Å². The van der Waals surface area contributed by atoms with Crippen LogP contribution in [0.5, 0.6) is 0 Å². The molecule has 3 N–H and O–H groups in total. The van der Waals surface area contributed by atoms with Crippen LogP contribution in [0.2, 0.25) is 0 Å². The number of hydrogen-bond donors (Lipinski definition) is 2. The van der Waals surface area contributed by atoms with Crippen molar-refractivity contribution >= 4 is 12.1 Å². The van der Waals surface area contributed by atoms with Crippen molar-refractivity contribution in [2.45, 2.75) is 39.5 Å². The lowest BCUT2D eigenvalue weighted by Crippen LogP contribution is -2.20. The molecule has 0 aliphatic rings. The first-order valence-electron chi connectivity index (χ1n) is 5.60. The Bertz CT molecular complexity index is 383. The number of hydrogen-bond acceptors (Lipinski definition) is 3. The lowest BCUT2D eigenvalue weighted by atomic mass is 10.1. The summed E-state index contributed by atoms with van der Waals surface area (Å²) in [5.41, 5.74) is 8.29. The third kappa shape index (κ3) is 4.87. The predicted octanol–water partition coefficient (Wildman–Crippen LogP) is 1.83. The molecule has 1 aromatic carbocycles. The maximum absolute atomic E-state index is 10.3. The lowest BCUT2D eigenvalue weighted by Gasteiger charge is -2.21. The van der Waals surface area contributed by atoms with Crippen LogP contribution in [0.25, 0.3) is 0 Å². The van der Waals surface area contributed by atoms with Gasteiger partial charge in [-0.25, -0.2) is 0 Å². The van der Waals surface area contributed by atoms with Crippen LogP contribution in [0.15, 0.2) is 18.2 Å². The molecule has 4 nitrogen and oxygen atoms in total. The molecule has 1 amide bonds. The Kier molecular flexibility index (Phi) is 4.52. The van der Waals surface area contributed by atoms with Gasteiger partial charge in [0, 0.05) is 12.2 Å². The van der Waals surface area contributed by atoms with Gasteiger partial charge in [-0.15, -0.1) is 0 Å². The van der Waals surface area contributed by atoms with Gasteiger partial charge < -0.3 is 15.8 Å². The van der Waals surface area contributed by atoms with E-state index < -0.39 is 0 Å². The number of nitrogens with two attached hydrogens (primary N) is 1. The van der Waals surface area contributed by atoms with Gasteiger partial charge in [0.15, 0.2) is 0 Å². The number of carbonyl (C=O) groups is 1. The zero-order valence-corrected chi connectivity index (χ0v) is 10.6. The molecule has 0 bridgehead atoms. The Morgan fingerprint density at radius 1 is 1.35 bits per heavy atom. The van der Waals surface area contributed by atoms with E-state index in [-0.39, 0.29) is 5.60 Å². The van der Waals surface area contributed by atoms with Crippen LogP contribution in [-0.2, 0) is 22.7 Å². The van der Waals surface area contributed by atoms with E-state index in [1.807, 2.05) is 39.0 Å². The zero-order chi connectivity index (χ0) is 12.9. The number of rotatable bonds is 5. The molecule has 0 aliphatic carbocycles. The van der Waals surface area contributed by atoms with Gasteiger partial charge in [-0.2, -0.15) is 0 Å². The van der Waals surface area contributed by atoms with Crippen LogP contribution in [-0.4, -0.2) is 12.0 Å². The smallest absolute Gasteiger partial charge is 0.207 e. The first-order chi connectivity index (χ1) is 7.92. The third-order valence-corrected chi connectivity index (χ3v) is 2.27. The number of amides is 1. The summed E-state index contributed by atoms with van der Waals surface area (Å²) >= 11 is 0. The van der Waals surface area contributed by atoms with Crippen LogP contribution in [0.1, 0.15) is 31.9 Å². The monoisotopic (exact) mass is 236 g/mol. The van der Waals surface area contributed by atoms with Crippen molar-refractivity contribution in [1.29, 1.82) is 0 Å². The Balaban J connectivity index is 2.79. The van der Waals surface area contributed by atoms with E-state index in [1.54, 1.807) is 0 Å². The Hall–Kier alpha value is -1.55. The van der Waals surface area contributed by atoms with Crippen LogP contribution in [0.3, 0.4) is 0 Å². The second-order valence-electron chi connectivity index (χ2n) is 4.93. The summed E-state index contributed by atoms with van der Waals surface area (Å²) in [7, 11) is 0. The van der Waals surface area contributed by atoms with Crippen LogP contribution in [0.4, 0.5) is 5.69 Å². The van der Waals surface area contributed by atoms with E-state index >= 15 is 0 Å². The maximum Gasteiger partial charge on any atom is 0.207 e. The second-order valence-corrected chi connectivity index (χ2v) is 4.93. The second kappa shape index (κ2) is 5.68. The first-order valence-corrected chi connectivity index (χ1v) is 5.60. The number of anilines is 1. The largest absolute Gasteiger partial charge is 0.399 e. The molecule has 0 fully saturated rings. The average Bonchev–Trinajstić information content (AvgIpc) is 2.24. The van der Waals surface area contributed by atoms with Gasteiger partial charge in [-0.05, 0) is 44.0 Å². The molecule has 0 atom stereocenters. The van der Waals surface area contributed by atoms with Crippen molar-refractivity contribution in [1.82, 2.24) is 5.32 Å². The molecule has 0 unspecified atom stereocenters.